The van der Waals surface area contributed by atoms with Crippen LogP contribution in [0.5, 0.6) is 0 Å². The Morgan fingerprint density at radius 2 is 1.70 bits per heavy atom. The van der Waals surface area contributed by atoms with E-state index in [9.17, 15) is 17.6 Å². The molecule has 0 aliphatic rings. The van der Waals surface area contributed by atoms with Gasteiger partial charge in [0, 0.05) is 23.2 Å². The van der Waals surface area contributed by atoms with E-state index in [-0.39, 0.29) is 28.9 Å². The molecule has 0 aliphatic carbocycles. The highest BCUT2D eigenvalue weighted by atomic mass is 32.2. The van der Waals surface area contributed by atoms with Gasteiger partial charge in [0.15, 0.2) is 9.84 Å². The van der Waals surface area contributed by atoms with Crippen LogP contribution in [-0.4, -0.2) is 25.1 Å². The third kappa shape index (κ3) is 5.94. The quantitative estimate of drug-likeness (QED) is 0.227. The molecule has 7 nitrogen and oxygen atoms in total. The van der Waals surface area contributed by atoms with Gasteiger partial charge in [0.25, 0.3) is 0 Å². The summed E-state index contributed by atoms with van der Waals surface area (Å²) in [6.07, 6.45) is 4.61. The standard InChI is InChI=1S/C31H26FN3O4S/c1-2-40(37,38)27-11-7-21(8-12-27)23-15-24-16-26(19-35-30(36)14-4-20-3-13-29(33)34-18-20)39-31(24)28(17-23)22-5-9-25(32)10-6-22/h3-18H,2,19H2,1H3,(H2,33,34)(H,35,36)/b14-4+. The normalized spacial score (nSPS) is 11.8. The molecule has 0 saturated heterocycles. The average molecular weight is 556 g/mol. The molecule has 40 heavy (non-hydrogen) atoms. The first kappa shape index (κ1) is 26.8. The van der Waals surface area contributed by atoms with Gasteiger partial charge < -0.3 is 15.5 Å². The lowest BCUT2D eigenvalue weighted by Crippen LogP contribution is -2.19. The Labute approximate surface area is 231 Å². The van der Waals surface area contributed by atoms with E-state index in [1.807, 2.05) is 18.2 Å². The van der Waals surface area contributed by atoms with Crippen molar-refractivity contribution < 1.29 is 22.0 Å². The van der Waals surface area contributed by atoms with Crippen molar-refractivity contribution in [3.8, 4) is 22.3 Å². The molecule has 1 amide bonds. The van der Waals surface area contributed by atoms with Gasteiger partial charge in [-0.2, -0.15) is 0 Å². The molecular formula is C31H26FN3O4S. The molecule has 202 valence electrons. The van der Waals surface area contributed by atoms with Crippen LogP contribution in [0.3, 0.4) is 0 Å². The molecule has 3 aromatic carbocycles. The van der Waals surface area contributed by atoms with Gasteiger partial charge in [-0.1, -0.05) is 31.2 Å². The predicted octanol–water partition coefficient (Wildman–Crippen LogP) is 6.01. The van der Waals surface area contributed by atoms with Gasteiger partial charge in [0.2, 0.25) is 5.91 Å². The molecular weight excluding hydrogens is 529 g/mol. The molecule has 0 atom stereocenters. The molecule has 0 bridgehead atoms. The molecule has 0 radical (unpaired) electrons. The van der Waals surface area contributed by atoms with Crippen LogP contribution < -0.4 is 11.1 Å². The van der Waals surface area contributed by atoms with Gasteiger partial charge in [0.05, 0.1) is 17.2 Å². The van der Waals surface area contributed by atoms with E-state index in [2.05, 4.69) is 10.3 Å². The molecule has 5 aromatic rings. The lowest BCUT2D eigenvalue weighted by atomic mass is 9.97. The maximum atomic E-state index is 13.7. The van der Waals surface area contributed by atoms with Crippen molar-refractivity contribution in [3.63, 3.8) is 0 Å². The number of nitrogens with two attached hydrogens (primary N) is 1. The maximum absolute atomic E-state index is 13.7. The van der Waals surface area contributed by atoms with Crippen molar-refractivity contribution in [2.45, 2.75) is 18.4 Å². The first-order chi connectivity index (χ1) is 19.2. The van der Waals surface area contributed by atoms with E-state index in [1.54, 1.807) is 67.7 Å². The topological polar surface area (TPSA) is 115 Å². The SMILES string of the molecule is CCS(=O)(=O)c1ccc(-c2cc(-c3ccc(F)cc3)c3oc(CNC(=O)/C=C/c4ccc(N)nc4)cc3c2)cc1. The second-order valence-electron chi connectivity index (χ2n) is 9.16. The molecule has 2 aromatic heterocycles. The molecule has 5 rings (SSSR count). The zero-order valence-corrected chi connectivity index (χ0v) is 22.4. The molecule has 0 unspecified atom stereocenters. The number of hydrogen-bond acceptors (Lipinski definition) is 6. The van der Waals surface area contributed by atoms with Gasteiger partial charge >= 0.3 is 0 Å². The first-order valence-electron chi connectivity index (χ1n) is 12.5. The summed E-state index contributed by atoms with van der Waals surface area (Å²) in [5.41, 5.74) is 10.1. The van der Waals surface area contributed by atoms with Crippen LogP contribution in [0.15, 0.2) is 100 Å². The number of benzene rings is 3. The van der Waals surface area contributed by atoms with Crippen LogP contribution in [0.25, 0.3) is 39.3 Å². The number of rotatable bonds is 8. The highest BCUT2D eigenvalue weighted by Gasteiger charge is 2.15. The van der Waals surface area contributed by atoms with Crippen LogP contribution in [0.1, 0.15) is 18.2 Å². The number of nitrogen functional groups attached to an aromatic ring is 1. The number of nitrogens with zero attached hydrogens (tertiary/aromatic N) is 1. The second kappa shape index (κ2) is 11.2. The summed E-state index contributed by atoms with van der Waals surface area (Å²) in [5.74, 6) is 0.302. The van der Waals surface area contributed by atoms with Crippen LogP contribution in [-0.2, 0) is 21.2 Å². The van der Waals surface area contributed by atoms with Gasteiger partial charge in [-0.3, -0.25) is 4.79 Å². The monoisotopic (exact) mass is 555 g/mol. The van der Waals surface area contributed by atoms with E-state index >= 15 is 0 Å². The van der Waals surface area contributed by atoms with Crippen LogP contribution >= 0.6 is 0 Å². The van der Waals surface area contributed by atoms with E-state index in [0.29, 0.717) is 17.2 Å². The van der Waals surface area contributed by atoms with Crippen molar-refractivity contribution in [3.05, 3.63) is 108 Å². The van der Waals surface area contributed by atoms with Crippen molar-refractivity contribution in [1.82, 2.24) is 10.3 Å². The number of sulfone groups is 1. The summed E-state index contributed by atoms with van der Waals surface area (Å²) in [7, 11) is -3.32. The van der Waals surface area contributed by atoms with E-state index in [1.165, 1.54) is 18.2 Å². The molecule has 9 heteroatoms. The molecule has 0 saturated carbocycles. The van der Waals surface area contributed by atoms with Gasteiger partial charge in [-0.05, 0) is 82.9 Å². The fourth-order valence-corrected chi connectivity index (χ4v) is 5.13. The minimum absolute atomic E-state index is 0.0235. The number of amides is 1. The fourth-order valence-electron chi connectivity index (χ4n) is 4.25. The maximum Gasteiger partial charge on any atom is 0.244 e. The zero-order chi connectivity index (χ0) is 28.3. The minimum atomic E-state index is -3.32. The number of carbonyl (C=O) groups is 1. The molecule has 0 spiro atoms. The molecule has 2 heterocycles. The third-order valence-corrected chi connectivity index (χ3v) is 8.17. The largest absolute Gasteiger partial charge is 0.459 e. The predicted molar refractivity (Wildman–Crippen MR) is 154 cm³/mol. The summed E-state index contributed by atoms with van der Waals surface area (Å²) in [6, 6.07) is 22.0. The number of aromatic nitrogens is 1. The number of hydrogen-bond donors (Lipinski definition) is 2. The number of anilines is 1. The third-order valence-electron chi connectivity index (χ3n) is 6.42. The summed E-state index contributed by atoms with van der Waals surface area (Å²) in [4.78, 5) is 16.6. The Balaban J connectivity index is 1.45. The van der Waals surface area contributed by atoms with Crippen LogP contribution in [0.2, 0.25) is 0 Å². The Morgan fingerprint density at radius 1 is 0.975 bits per heavy atom. The summed E-state index contributed by atoms with van der Waals surface area (Å²) >= 11 is 0. The number of fused-ring (bicyclic) bond motifs is 1. The highest BCUT2D eigenvalue weighted by Crippen LogP contribution is 2.36. The van der Waals surface area contributed by atoms with Gasteiger partial charge in [-0.25, -0.2) is 17.8 Å². The van der Waals surface area contributed by atoms with Crippen molar-refractivity contribution in [1.29, 1.82) is 0 Å². The van der Waals surface area contributed by atoms with Crippen molar-refractivity contribution in [2.75, 3.05) is 11.5 Å². The molecule has 0 aliphatic heterocycles. The Bertz CT molecular complexity index is 1810. The average Bonchev–Trinajstić information content (AvgIpc) is 3.39. The number of carbonyl (C=O) groups excluding carboxylic acids is 1. The molecule has 0 fully saturated rings. The summed E-state index contributed by atoms with van der Waals surface area (Å²) in [5, 5.41) is 3.60. The lowest BCUT2D eigenvalue weighted by molar-refractivity contribution is -0.116. The number of furan rings is 1. The van der Waals surface area contributed by atoms with E-state index in [4.69, 9.17) is 10.2 Å². The van der Waals surface area contributed by atoms with Gasteiger partial charge in [0.1, 0.15) is 23.0 Å². The smallest absolute Gasteiger partial charge is 0.244 e. The van der Waals surface area contributed by atoms with Crippen LogP contribution in [0, 0.1) is 5.82 Å². The Morgan fingerprint density at radius 3 is 2.38 bits per heavy atom. The number of nitrogens with one attached hydrogen (secondary N) is 1. The Kier molecular flexibility index (Phi) is 7.48. The number of pyridine rings is 1. The van der Waals surface area contributed by atoms with E-state index < -0.39 is 9.84 Å². The van der Waals surface area contributed by atoms with E-state index in [0.717, 1.165) is 33.2 Å². The van der Waals surface area contributed by atoms with Gasteiger partial charge in [-0.15, -0.1) is 0 Å². The Hall–Kier alpha value is -4.76. The van der Waals surface area contributed by atoms with Crippen molar-refractivity contribution in [2.24, 2.45) is 0 Å². The fraction of sp³-hybridized carbons (Fsp3) is 0.0968. The number of halogens is 1. The second-order valence-corrected chi connectivity index (χ2v) is 11.4. The van der Waals surface area contributed by atoms with Crippen LogP contribution in [0.4, 0.5) is 10.2 Å². The zero-order valence-electron chi connectivity index (χ0n) is 21.6. The minimum Gasteiger partial charge on any atom is -0.459 e. The first-order valence-corrected chi connectivity index (χ1v) is 14.2. The van der Waals surface area contributed by atoms with Crippen molar-refractivity contribution >= 4 is 38.6 Å². The molecule has 3 N–H and O–H groups in total. The highest BCUT2D eigenvalue weighted by molar-refractivity contribution is 7.91. The summed E-state index contributed by atoms with van der Waals surface area (Å²) in [6.45, 7) is 1.76. The lowest BCUT2D eigenvalue weighted by Gasteiger charge is -2.09. The summed E-state index contributed by atoms with van der Waals surface area (Å²) < 4.78 is 44.3.